The van der Waals surface area contributed by atoms with Crippen molar-refractivity contribution in [2.45, 2.75) is 13.5 Å². The molecule has 4 nitrogen and oxygen atoms in total. The number of nitrogens with zero attached hydrogens (tertiary/aromatic N) is 1. The Kier molecular flexibility index (Phi) is 4.36. The van der Waals surface area contributed by atoms with E-state index in [0.29, 0.717) is 17.5 Å². The van der Waals surface area contributed by atoms with Crippen LogP contribution in [0.4, 0.5) is 0 Å². The molecule has 0 saturated heterocycles. The smallest absolute Gasteiger partial charge is 0.244 e. The summed E-state index contributed by atoms with van der Waals surface area (Å²) in [5, 5.41) is 3.18. The lowest BCUT2D eigenvalue weighted by Crippen LogP contribution is -2.20. The van der Waals surface area contributed by atoms with Crippen LogP contribution in [0.3, 0.4) is 0 Å². The van der Waals surface area contributed by atoms with E-state index in [4.69, 9.17) is 16.0 Å². The lowest BCUT2D eigenvalue weighted by atomic mass is 10.3. The first kappa shape index (κ1) is 13.4. The SMILES string of the molecule is Cc1ccc(C=CC(=O)NCc2ccc(Cl)nc2)o1. The number of amides is 1. The maximum Gasteiger partial charge on any atom is 0.244 e. The van der Waals surface area contributed by atoms with Gasteiger partial charge in [0.1, 0.15) is 16.7 Å². The standard InChI is InChI=1S/C14H13ClN2O2/c1-10-2-4-12(19-10)5-7-14(18)17-9-11-3-6-13(15)16-8-11/h2-8H,9H2,1H3,(H,17,18). The zero-order valence-corrected chi connectivity index (χ0v) is 11.1. The highest BCUT2D eigenvalue weighted by Gasteiger charge is 1.99. The fourth-order valence-corrected chi connectivity index (χ4v) is 1.57. The van der Waals surface area contributed by atoms with Crippen LogP contribution in [0, 0.1) is 6.92 Å². The highest BCUT2D eigenvalue weighted by Crippen LogP contribution is 2.08. The monoisotopic (exact) mass is 276 g/mol. The van der Waals surface area contributed by atoms with E-state index < -0.39 is 0 Å². The van der Waals surface area contributed by atoms with Gasteiger partial charge in [-0.2, -0.15) is 0 Å². The number of nitrogens with one attached hydrogen (secondary N) is 1. The topological polar surface area (TPSA) is 55.1 Å². The van der Waals surface area contributed by atoms with Crippen molar-refractivity contribution in [2.24, 2.45) is 0 Å². The van der Waals surface area contributed by atoms with Gasteiger partial charge in [-0.3, -0.25) is 4.79 Å². The molecule has 0 aliphatic heterocycles. The van der Waals surface area contributed by atoms with Crippen LogP contribution in [0.25, 0.3) is 6.08 Å². The molecular weight excluding hydrogens is 264 g/mol. The van der Waals surface area contributed by atoms with Crippen LogP contribution in [-0.4, -0.2) is 10.9 Å². The summed E-state index contributed by atoms with van der Waals surface area (Å²) in [4.78, 5) is 15.5. The van der Waals surface area contributed by atoms with Crippen LogP contribution in [0.1, 0.15) is 17.1 Å². The number of hydrogen-bond acceptors (Lipinski definition) is 3. The van der Waals surface area contributed by atoms with Gasteiger partial charge in [0.2, 0.25) is 5.91 Å². The van der Waals surface area contributed by atoms with E-state index in [2.05, 4.69) is 10.3 Å². The Hall–Kier alpha value is -2.07. The number of rotatable bonds is 4. The summed E-state index contributed by atoms with van der Waals surface area (Å²) >= 11 is 5.67. The maximum absolute atomic E-state index is 11.6. The highest BCUT2D eigenvalue weighted by atomic mass is 35.5. The number of furan rings is 1. The summed E-state index contributed by atoms with van der Waals surface area (Å²) in [6.07, 6.45) is 4.69. The summed E-state index contributed by atoms with van der Waals surface area (Å²) in [5.41, 5.74) is 0.889. The minimum absolute atomic E-state index is 0.191. The average molecular weight is 277 g/mol. The van der Waals surface area contributed by atoms with Gasteiger partial charge in [0.05, 0.1) is 0 Å². The third kappa shape index (κ3) is 4.26. The van der Waals surface area contributed by atoms with Crippen LogP contribution in [-0.2, 0) is 11.3 Å². The molecule has 2 aromatic rings. The van der Waals surface area contributed by atoms with Crippen LogP contribution >= 0.6 is 11.6 Å². The lowest BCUT2D eigenvalue weighted by Gasteiger charge is -2.01. The molecule has 0 aliphatic rings. The zero-order chi connectivity index (χ0) is 13.7. The Morgan fingerprint density at radius 2 is 2.26 bits per heavy atom. The highest BCUT2D eigenvalue weighted by molar-refractivity contribution is 6.29. The zero-order valence-electron chi connectivity index (χ0n) is 10.4. The van der Waals surface area contributed by atoms with Gasteiger partial charge in [-0.1, -0.05) is 17.7 Å². The van der Waals surface area contributed by atoms with E-state index in [1.807, 2.05) is 25.1 Å². The molecule has 98 valence electrons. The first-order valence-corrected chi connectivity index (χ1v) is 6.14. The van der Waals surface area contributed by atoms with Gasteiger partial charge in [0.15, 0.2) is 0 Å². The normalized spacial score (nSPS) is 10.8. The van der Waals surface area contributed by atoms with Crippen molar-refractivity contribution in [1.82, 2.24) is 10.3 Å². The Morgan fingerprint density at radius 1 is 1.42 bits per heavy atom. The molecular formula is C14H13ClN2O2. The van der Waals surface area contributed by atoms with Crippen LogP contribution < -0.4 is 5.32 Å². The summed E-state index contributed by atoms with van der Waals surface area (Å²) in [7, 11) is 0. The lowest BCUT2D eigenvalue weighted by molar-refractivity contribution is -0.116. The molecule has 2 heterocycles. The van der Waals surface area contributed by atoms with Crippen molar-refractivity contribution in [3.8, 4) is 0 Å². The van der Waals surface area contributed by atoms with Crippen LogP contribution in [0.2, 0.25) is 5.15 Å². The average Bonchev–Trinajstić information content (AvgIpc) is 2.81. The van der Waals surface area contributed by atoms with Gasteiger partial charge in [-0.15, -0.1) is 0 Å². The van der Waals surface area contributed by atoms with Gasteiger partial charge >= 0.3 is 0 Å². The fourth-order valence-electron chi connectivity index (χ4n) is 1.46. The van der Waals surface area contributed by atoms with Crippen LogP contribution in [0.15, 0.2) is 41.0 Å². The first-order valence-electron chi connectivity index (χ1n) is 5.76. The van der Waals surface area contributed by atoms with E-state index in [9.17, 15) is 4.79 Å². The third-order valence-corrected chi connectivity index (χ3v) is 2.64. The molecule has 0 atom stereocenters. The van der Waals surface area contributed by atoms with Gasteiger partial charge in [-0.25, -0.2) is 4.98 Å². The third-order valence-electron chi connectivity index (χ3n) is 2.42. The molecule has 19 heavy (non-hydrogen) atoms. The first-order chi connectivity index (χ1) is 9.13. The summed E-state index contributed by atoms with van der Waals surface area (Å²) in [6.45, 7) is 2.26. The minimum Gasteiger partial charge on any atom is -0.462 e. The molecule has 0 unspecified atom stereocenters. The van der Waals surface area contributed by atoms with Gasteiger partial charge in [0.25, 0.3) is 0 Å². The number of pyridine rings is 1. The summed E-state index contributed by atoms with van der Waals surface area (Å²) in [6, 6.07) is 7.15. The molecule has 0 aromatic carbocycles. The predicted molar refractivity (Wildman–Crippen MR) is 73.6 cm³/mol. The second-order valence-electron chi connectivity index (χ2n) is 3.99. The van der Waals surface area contributed by atoms with Gasteiger partial charge in [0, 0.05) is 18.8 Å². The van der Waals surface area contributed by atoms with E-state index in [0.717, 1.165) is 11.3 Å². The number of carbonyl (C=O) groups is 1. The number of aromatic nitrogens is 1. The summed E-state index contributed by atoms with van der Waals surface area (Å²) in [5.74, 6) is 1.28. The Labute approximate surface area is 116 Å². The molecule has 2 rings (SSSR count). The van der Waals surface area contributed by atoms with Crippen molar-refractivity contribution in [3.63, 3.8) is 0 Å². The van der Waals surface area contributed by atoms with E-state index in [1.165, 1.54) is 6.08 Å². The van der Waals surface area contributed by atoms with E-state index in [-0.39, 0.29) is 5.91 Å². The number of halogens is 1. The Morgan fingerprint density at radius 3 is 2.89 bits per heavy atom. The largest absolute Gasteiger partial charge is 0.462 e. The molecule has 0 saturated carbocycles. The summed E-state index contributed by atoms with van der Waals surface area (Å²) < 4.78 is 5.32. The molecule has 1 N–H and O–H groups in total. The molecule has 2 aromatic heterocycles. The molecule has 0 fully saturated rings. The molecule has 0 aliphatic carbocycles. The van der Waals surface area contributed by atoms with Gasteiger partial charge < -0.3 is 9.73 Å². The van der Waals surface area contributed by atoms with Crippen molar-refractivity contribution in [3.05, 3.63) is 58.8 Å². The predicted octanol–water partition coefficient (Wildman–Crippen LogP) is 2.97. The number of hydrogen-bond donors (Lipinski definition) is 1. The van der Waals surface area contributed by atoms with Crippen LogP contribution in [0.5, 0.6) is 0 Å². The molecule has 0 spiro atoms. The maximum atomic E-state index is 11.6. The Balaban J connectivity index is 1.84. The quantitative estimate of drug-likeness (QED) is 0.690. The van der Waals surface area contributed by atoms with E-state index in [1.54, 1.807) is 18.3 Å². The molecule has 0 radical (unpaired) electrons. The van der Waals surface area contributed by atoms with Crippen molar-refractivity contribution in [1.29, 1.82) is 0 Å². The molecule has 5 heteroatoms. The van der Waals surface area contributed by atoms with Crippen molar-refractivity contribution in [2.75, 3.05) is 0 Å². The molecule has 0 bridgehead atoms. The van der Waals surface area contributed by atoms with E-state index >= 15 is 0 Å². The molecule has 1 amide bonds. The number of carbonyl (C=O) groups excluding carboxylic acids is 1. The fraction of sp³-hybridized carbons (Fsp3) is 0.143. The second kappa shape index (κ2) is 6.20. The van der Waals surface area contributed by atoms with Gasteiger partial charge in [-0.05, 0) is 36.8 Å². The minimum atomic E-state index is -0.191. The Bertz CT molecular complexity index is 588. The van der Waals surface area contributed by atoms with Crippen molar-refractivity contribution < 1.29 is 9.21 Å². The number of aryl methyl sites for hydroxylation is 1. The second-order valence-corrected chi connectivity index (χ2v) is 4.38. The van der Waals surface area contributed by atoms with Crippen molar-refractivity contribution >= 4 is 23.6 Å².